The number of nitrogens with zero attached hydrogens (tertiary/aromatic N) is 1. The Kier molecular flexibility index (Phi) is 20.1. The number of oxazole rings is 1. The summed E-state index contributed by atoms with van der Waals surface area (Å²) in [6, 6.07) is 23.6. The van der Waals surface area contributed by atoms with Crippen LogP contribution in [0.3, 0.4) is 0 Å². The SMILES string of the molecule is Cc1nc(-c2ccccc2F)c(C(=O)NC(Cc2cccc(Cl)c2)C(=O)C(N)=O)o1.Cl.NC(=O)C(O)C(N)Cc1cccc(Cl)c1.NC(Cc1cccc(Cl)c1)C(=O)O. The van der Waals surface area contributed by atoms with Crippen molar-refractivity contribution in [2.24, 2.45) is 22.9 Å². The fourth-order valence-corrected chi connectivity index (χ4v) is 5.82. The summed E-state index contributed by atoms with van der Waals surface area (Å²) in [4.78, 5) is 61.8. The molecule has 19 heteroatoms. The number of nitrogens with one attached hydrogen (secondary N) is 1. The van der Waals surface area contributed by atoms with Crippen molar-refractivity contribution in [2.75, 3.05) is 0 Å². The normalized spacial score (nSPS) is 12.4. The minimum absolute atomic E-state index is 0. The molecule has 1 aromatic heterocycles. The summed E-state index contributed by atoms with van der Waals surface area (Å²) in [5, 5.41) is 21.9. The summed E-state index contributed by atoms with van der Waals surface area (Å²) in [5.74, 6) is -5.60. The Balaban J connectivity index is 0.000000345. The first-order valence-electron chi connectivity index (χ1n) is 17.2. The summed E-state index contributed by atoms with van der Waals surface area (Å²) >= 11 is 17.5. The largest absolute Gasteiger partial charge is 0.480 e. The van der Waals surface area contributed by atoms with E-state index in [0.717, 1.165) is 11.1 Å². The Hall–Kier alpha value is -5.39. The summed E-state index contributed by atoms with van der Waals surface area (Å²) in [6.45, 7) is 1.50. The molecule has 0 saturated heterocycles. The quantitative estimate of drug-likeness (QED) is 0.0757. The Morgan fingerprint density at radius 2 is 1.27 bits per heavy atom. The fraction of sp³-hybridized carbons (Fsp3) is 0.200. The van der Waals surface area contributed by atoms with Crippen LogP contribution in [-0.4, -0.2) is 68.9 Å². The van der Waals surface area contributed by atoms with E-state index in [1.807, 2.05) is 6.07 Å². The zero-order valence-corrected chi connectivity index (χ0v) is 34.3. The van der Waals surface area contributed by atoms with Crippen LogP contribution < -0.4 is 28.3 Å². The van der Waals surface area contributed by atoms with Gasteiger partial charge in [0.1, 0.15) is 29.7 Å². The predicted octanol–water partition coefficient (Wildman–Crippen LogP) is 4.61. The number of aromatic nitrogens is 1. The van der Waals surface area contributed by atoms with Crippen LogP contribution in [0.25, 0.3) is 11.3 Å². The van der Waals surface area contributed by atoms with Crippen molar-refractivity contribution in [2.45, 2.75) is 50.4 Å². The number of ketones is 1. The van der Waals surface area contributed by atoms with Crippen LogP contribution in [-0.2, 0) is 38.4 Å². The Bertz CT molecular complexity index is 2240. The lowest BCUT2D eigenvalue weighted by Gasteiger charge is -2.16. The van der Waals surface area contributed by atoms with Gasteiger partial charge in [0.15, 0.2) is 5.89 Å². The molecular weight excluding hydrogens is 853 g/mol. The van der Waals surface area contributed by atoms with Crippen molar-refractivity contribution >= 4 is 76.7 Å². The molecular formula is C40H41Cl4FN6O8. The molecule has 59 heavy (non-hydrogen) atoms. The van der Waals surface area contributed by atoms with E-state index < -0.39 is 59.5 Å². The maximum absolute atomic E-state index is 14.2. The number of hydrogen-bond donors (Lipinski definition) is 7. The average molecular weight is 895 g/mol. The number of hydrogen-bond acceptors (Lipinski definition) is 10. The molecule has 4 aromatic carbocycles. The Labute approximate surface area is 359 Å². The van der Waals surface area contributed by atoms with E-state index in [9.17, 15) is 33.5 Å². The van der Waals surface area contributed by atoms with Crippen molar-refractivity contribution in [1.29, 1.82) is 0 Å². The van der Waals surface area contributed by atoms with E-state index >= 15 is 0 Å². The van der Waals surface area contributed by atoms with Gasteiger partial charge in [0, 0.05) is 40.0 Å². The topological polar surface area (TPSA) is 268 Å². The number of aliphatic hydroxyl groups excluding tert-OH is 1. The summed E-state index contributed by atoms with van der Waals surface area (Å²) in [5.41, 5.74) is 23.4. The Morgan fingerprint density at radius 3 is 1.73 bits per heavy atom. The lowest BCUT2D eigenvalue weighted by atomic mass is 10.0. The van der Waals surface area contributed by atoms with Crippen LogP contribution in [0.4, 0.5) is 4.39 Å². The molecule has 0 fully saturated rings. The van der Waals surface area contributed by atoms with Gasteiger partial charge in [-0.05, 0) is 78.1 Å². The van der Waals surface area contributed by atoms with E-state index in [4.69, 9.17) is 67.3 Å². The highest BCUT2D eigenvalue weighted by Crippen LogP contribution is 2.27. The van der Waals surface area contributed by atoms with E-state index in [1.54, 1.807) is 72.8 Å². The number of nitrogens with two attached hydrogens (primary N) is 4. The molecule has 0 aliphatic carbocycles. The smallest absolute Gasteiger partial charge is 0.320 e. The number of benzene rings is 4. The van der Waals surface area contributed by atoms with Crippen LogP contribution >= 0.6 is 47.2 Å². The lowest BCUT2D eigenvalue weighted by Crippen LogP contribution is -2.47. The molecule has 1 heterocycles. The fourth-order valence-electron chi connectivity index (χ4n) is 5.19. The number of primary amides is 2. The molecule has 0 saturated carbocycles. The Morgan fingerprint density at radius 1 is 0.780 bits per heavy atom. The highest BCUT2D eigenvalue weighted by molar-refractivity contribution is 6.38. The molecule has 314 valence electrons. The van der Waals surface area contributed by atoms with Crippen LogP contribution in [0.5, 0.6) is 0 Å². The highest BCUT2D eigenvalue weighted by atomic mass is 35.5. The molecule has 0 radical (unpaired) electrons. The zero-order chi connectivity index (χ0) is 43.1. The van der Waals surface area contributed by atoms with Gasteiger partial charge in [0.05, 0.1) is 0 Å². The van der Waals surface area contributed by atoms with Gasteiger partial charge in [0.2, 0.25) is 17.5 Å². The van der Waals surface area contributed by atoms with E-state index in [2.05, 4.69) is 10.3 Å². The number of aliphatic hydroxyl groups is 1. The first-order valence-corrected chi connectivity index (χ1v) is 18.3. The van der Waals surface area contributed by atoms with Crippen molar-refractivity contribution in [1.82, 2.24) is 10.3 Å². The van der Waals surface area contributed by atoms with Crippen LogP contribution in [0.1, 0.15) is 33.1 Å². The number of halogens is 5. The van der Waals surface area contributed by atoms with Crippen molar-refractivity contribution < 1.29 is 43.0 Å². The van der Waals surface area contributed by atoms with Crippen molar-refractivity contribution in [3.63, 3.8) is 0 Å². The number of aliphatic carboxylic acids is 1. The third-order valence-corrected chi connectivity index (χ3v) is 8.69. The first kappa shape index (κ1) is 49.8. The second kappa shape index (κ2) is 23.9. The number of rotatable bonds is 14. The lowest BCUT2D eigenvalue weighted by molar-refractivity contribution is -0.138. The zero-order valence-electron chi connectivity index (χ0n) is 31.2. The van der Waals surface area contributed by atoms with Gasteiger partial charge >= 0.3 is 5.97 Å². The minimum Gasteiger partial charge on any atom is -0.480 e. The predicted molar refractivity (Wildman–Crippen MR) is 224 cm³/mol. The number of carbonyl (C=O) groups is 5. The summed E-state index contributed by atoms with van der Waals surface area (Å²) in [7, 11) is 0. The number of carboxylic acids is 1. The maximum atomic E-state index is 14.2. The van der Waals surface area contributed by atoms with Gasteiger partial charge in [-0.3, -0.25) is 24.0 Å². The van der Waals surface area contributed by atoms with E-state index in [0.29, 0.717) is 33.5 Å². The molecule has 3 amide bonds. The van der Waals surface area contributed by atoms with Gasteiger partial charge < -0.3 is 42.9 Å². The molecule has 4 atom stereocenters. The van der Waals surface area contributed by atoms with Gasteiger partial charge in [-0.15, -0.1) is 12.4 Å². The van der Waals surface area contributed by atoms with Gasteiger partial charge in [-0.25, -0.2) is 9.37 Å². The van der Waals surface area contributed by atoms with Gasteiger partial charge in [0.25, 0.3) is 11.8 Å². The molecule has 5 rings (SSSR count). The number of amides is 3. The standard InChI is InChI=1S/C21H17ClFN3O4.C10H13ClN2O2.C9H10ClNO2.ClH/c1-11-25-17(14-7-2-3-8-15(14)23)19(30-11)21(29)26-16(18(27)20(24)28)10-12-5-4-6-13(22)9-12;11-7-3-1-2-6(4-7)5-8(12)9(14)10(13)15;10-7-3-1-2-6(4-7)5-8(11)9(12)13;/h2-9,16H,10H2,1H3,(H2,24,28)(H,26,29);1-4,8-9,14H,5,12H2,(H2,13,15);1-4,8H,5,11H2,(H,12,13);1H. The highest BCUT2D eigenvalue weighted by Gasteiger charge is 2.30. The number of carboxylic acid groups (broad SMARTS) is 1. The number of aryl methyl sites for hydroxylation is 1. The second-order valence-corrected chi connectivity index (χ2v) is 13.9. The first-order chi connectivity index (χ1) is 27.4. The second-order valence-electron chi connectivity index (χ2n) is 12.6. The monoisotopic (exact) mass is 892 g/mol. The molecule has 14 nitrogen and oxygen atoms in total. The van der Waals surface area contributed by atoms with Gasteiger partial charge in [-0.2, -0.15) is 0 Å². The maximum Gasteiger partial charge on any atom is 0.320 e. The van der Waals surface area contributed by atoms with Gasteiger partial charge in [-0.1, -0.05) is 83.3 Å². The molecule has 0 bridgehead atoms. The molecule has 5 aromatic rings. The average Bonchev–Trinajstić information content (AvgIpc) is 3.55. The van der Waals surface area contributed by atoms with Crippen LogP contribution in [0, 0.1) is 12.7 Å². The van der Waals surface area contributed by atoms with E-state index in [-0.39, 0.29) is 41.7 Å². The molecule has 11 N–H and O–H groups in total. The third kappa shape index (κ3) is 16.1. The molecule has 4 unspecified atom stereocenters. The minimum atomic E-state index is -1.33. The third-order valence-electron chi connectivity index (χ3n) is 7.98. The van der Waals surface area contributed by atoms with E-state index in [1.165, 1.54) is 25.1 Å². The van der Waals surface area contributed by atoms with Crippen molar-refractivity contribution in [3.8, 4) is 11.3 Å². The molecule has 0 spiro atoms. The number of carbonyl (C=O) groups excluding carboxylic acids is 4. The molecule has 0 aliphatic heterocycles. The summed E-state index contributed by atoms with van der Waals surface area (Å²) < 4.78 is 19.6. The van der Waals surface area contributed by atoms with Crippen LogP contribution in [0.15, 0.2) is 101 Å². The van der Waals surface area contributed by atoms with Crippen LogP contribution in [0.2, 0.25) is 15.1 Å². The summed E-state index contributed by atoms with van der Waals surface area (Å²) in [6.07, 6.45) is -0.708. The number of Topliss-reactive ketones (excluding diaryl/α,β-unsaturated/α-hetero) is 1. The van der Waals surface area contributed by atoms with Crippen molar-refractivity contribution in [3.05, 3.63) is 146 Å². The molecule has 0 aliphatic rings.